The van der Waals surface area contributed by atoms with E-state index in [-0.39, 0.29) is 5.91 Å². The molecule has 0 aromatic heterocycles. The molecule has 1 heterocycles. The summed E-state index contributed by atoms with van der Waals surface area (Å²) in [6, 6.07) is 7.28. The van der Waals surface area contributed by atoms with Crippen LogP contribution >= 0.6 is 0 Å². The molecule has 6 nitrogen and oxygen atoms in total. The number of carbonyl (C=O) groups is 3. The van der Waals surface area contributed by atoms with Crippen molar-refractivity contribution in [3.05, 3.63) is 29.8 Å². The van der Waals surface area contributed by atoms with Crippen LogP contribution in [0.3, 0.4) is 0 Å². The molecule has 1 saturated heterocycles. The lowest BCUT2D eigenvalue weighted by Crippen LogP contribution is -2.52. The number of nitrogens with zero attached hydrogens (tertiary/aromatic N) is 2. The number of carbonyl (C=O) groups excluding carboxylic acids is 3. The average Bonchev–Trinajstić information content (AvgIpc) is 2.46. The van der Waals surface area contributed by atoms with Gasteiger partial charge in [-0.05, 0) is 24.6 Å². The average molecular weight is 289 g/mol. The van der Waals surface area contributed by atoms with Gasteiger partial charge in [0.05, 0.1) is 0 Å². The fourth-order valence-electron chi connectivity index (χ4n) is 2.28. The molecule has 0 unspecified atom stereocenters. The molecule has 112 valence electrons. The summed E-state index contributed by atoms with van der Waals surface area (Å²) in [5, 5.41) is 2.60. The zero-order valence-corrected chi connectivity index (χ0v) is 12.3. The lowest BCUT2D eigenvalue weighted by atomic mass is 10.2. The summed E-state index contributed by atoms with van der Waals surface area (Å²) in [6.07, 6.45) is 0. The molecule has 0 spiro atoms. The van der Waals surface area contributed by atoms with Gasteiger partial charge in [-0.25, -0.2) is 0 Å². The van der Waals surface area contributed by atoms with E-state index in [9.17, 15) is 14.4 Å². The van der Waals surface area contributed by atoms with Crippen LogP contribution in [0, 0.1) is 6.92 Å². The predicted molar refractivity (Wildman–Crippen MR) is 78.6 cm³/mol. The Morgan fingerprint density at radius 3 is 2.24 bits per heavy atom. The van der Waals surface area contributed by atoms with E-state index in [1.807, 2.05) is 19.1 Å². The third-order valence-corrected chi connectivity index (χ3v) is 3.48. The molecule has 0 atom stereocenters. The van der Waals surface area contributed by atoms with Gasteiger partial charge in [0.1, 0.15) is 0 Å². The van der Waals surface area contributed by atoms with Crippen molar-refractivity contribution in [2.45, 2.75) is 13.8 Å². The van der Waals surface area contributed by atoms with E-state index < -0.39 is 11.8 Å². The number of hydrogen-bond acceptors (Lipinski definition) is 3. The van der Waals surface area contributed by atoms with Gasteiger partial charge in [-0.3, -0.25) is 14.4 Å². The van der Waals surface area contributed by atoms with Gasteiger partial charge in [0.15, 0.2) is 0 Å². The summed E-state index contributed by atoms with van der Waals surface area (Å²) in [6.45, 7) is 5.14. The van der Waals surface area contributed by atoms with E-state index in [2.05, 4.69) is 5.32 Å². The smallest absolute Gasteiger partial charge is 0.313 e. The van der Waals surface area contributed by atoms with Gasteiger partial charge in [-0.1, -0.05) is 12.1 Å². The molecular formula is C15H19N3O3. The van der Waals surface area contributed by atoms with Crippen LogP contribution in [0.5, 0.6) is 0 Å². The lowest BCUT2D eigenvalue weighted by Gasteiger charge is -2.33. The molecule has 1 aliphatic heterocycles. The molecule has 1 fully saturated rings. The SMILES string of the molecule is CC(=O)N1CCN(C(=O)C(=O)Nc2cccc(C)c2)CC1. The van der Waals surface area contributed by atoms with Crippen LogP contribution in [0.1, 0.15) is 12.5 Å². The van der Waals surface area contributed by atoms with Gasteiger partial charge in [0.25, 0.3) is 0 Å². The number of piperazine rings is 1. The van der Waals surface area contributed by atoms with Gasteiger partial charge >= 0.3 is 11.8 Å². The summed E-state index contributed by atoms with van der Waals surface area (Å²) >= 11 is 0. The first kappa shape index (κ1) is 15.0. The Kier molecular flexibility index (Phi) is 4.57. The largest absolute Gasteiger partial charge is 0.339 e. The normalized spacial score (nSPS) is 14.8. The number of hydrogen-bond donors (Lipinski definition) is 1. The molecule has 21 heavy (non-hydrogen) atoms. The second-order valence-electron chi connectivity index (χ2n) is 5.12. The Balaban J connectivity index is 1.91. The van der Waals surface area contributed by atoms with Crippen LogP contribution in [-0.4, -0.2) is 53.7 Å². The fourth-order valence-corrected chi connectivity index (χ4v) is 2.28. The van der Waals surface area contributed by atoms with Gasteiger partial charge in [0.2, 0.25) is 5.91 Å². The van der Waals surface area contributed by atoms with E-state index in [1.54, 1.807) is 17.0 Å². The Hall–Kier alpha value is -2.37. The molecule has 0 saturated carbocycles. The summed E-state index contributed by atoms with van der Waals surface area (Å²) in [5.74, 6) is -1.21. The minimum Gasteiger partial charge on any atom is -0.339 e. The number of rotatable bonds is 1. The third kappa shape index (κ3) is 3.81. The Morgan fingerprint density at radius 2 is 1.67 bits per heavy atom. The van der Waals surface area contributed by atoms with Gasteiger partial charge in [-0.2, -0.15) is 0 Å². The van der Waals surface area contributed by atoms with Crippen LogP contribution in [0.2, 0.25) is 0 Å². The van der Waals surface area contributed by atoms with Crippen molar-refractivity contribution in [3.8, 4) is 0 Å². The Labute approximate surface area is 123 Å². The first-order valence-electron chi connectivity index (χ1n) is 6.90. The molecule has 1 N–H and O–H groups in total. The van der Waals surface area contributed by atoms with Crippen molar-refractivity contribution in [1.29, 1.82) is 0 Å². The van der Waals surface area contributed by atoms with Crippen LogP contribution in [0.4, 0.5) is 5.69 Å². The quantitative estimate of drug-likeness (QED) is 0.771. The fraction of sp³-hybridized carbons (Fsp3) is 0.400. The first-order valence-corrected chi connectivity index (χ1v) is 6.90. The monoisotopic (exact) mass is 289 g/mol. The van der Waals surface area contributed by atoms with Crippen molar-refractivity contribution in [2.75, 3.05) is 31.5 Å². The highest BCUT2D eigenvalue weighted by atomic mass is 16.2. The molecule has 0 aliphatic carbocycles. The number of aryl methyl sites for hydroxylation is 1. The zero-order valence-electron chi connectivity index (χ0n) is 12.3. The molecule has 6 heteroatoms. The first-order chi connectivity index (χ1) is 9.97. The zero-order chi connectivity index (χ0) is 15.4. The molecule has 1 aromatic rings. The van der Waals surface area contributed by atoms with E-state index in [0.717, 1.165) is 5.56 Å². The minimum atomic E-state index is -0.642. The van der Waals surface area contributed by atoms with Crippen LogP contribution in [0.15, 0.2) is 24.3 Å². The minimum absolute atomic E-state index is 0.00805. The molecule has 1 aromatic carbocycles. The lowest BCUT2D eigenvalue weighted by molar-refractivity contribution is -0.145. The van der Waals surface area contributed by atoms with Gasteiger partial charge in [-0.15, -0.1) is 0 Å². The summed E-state index contributed by atoms with van der Waals surface area (Å²) in [7, 11) is 0. The maximum Gasteiger partial charge on any atom is 0.313 e. The highest BCUT2D eigenvalue weighted by molar-refractivity contribution is 6.39. The Bertz CT molecular complexity index is 563. The number of nitrogens with one attached hydrogen (secondary N) is 1. The standard InChI is InChI=1S/C15H19N3O3/c1-11-4-3-5-13(10-11)16-14(20)15(21)18-8-6-17(7-9-18)12(2)19/h3-5,10H,6-9H2,1-2H3,(H,16,20). The topological polar surface area (TPSA) is 69.7 Å². The maximum atomic E-state index is 12.1. The van der Waals surface area contributed by atoms with E-state index in [4.69, 9.17) is 0 Å². The molecular weight excluding hydrogens is 270 g/mol. The predicted octanol–water partition coefficient (Wildman–Crippen LogP) is 0.624. The van der Waals surface area contributed by atoms with E-state index in [1.165, 1.54) is 11.8 Å². The summed E-state index contributed by atoms with van der Waals surface area (Å²) in [5.41, 5.74) is 1.62. The second kappa shape index (κ2) is 6.39. The summed E-state index contributed by atoms with van der Waals surface area (Å²) in [4.78, 5) is 38.4. The van der Waals surface area contributed by atoms with Crippen molar-refractivity contribution in [3.63, 3.8) is 0 Å². The Morgan fingerprint density at radius 1 is 1.05 bits per heavy atom. The molecule has 2 rings (SSSR count). The number of benzene rings is 1. The van der Waals surface area contributed by atoms with Crippen molar-refractivity contribution in [2.24, 2.45) is 0 Å². The highest BCUT2D eigenvalue weighted by Crippen LogP contribution is 2.10. The van der Waals surface area contributed by atoms with Crippen LogP contribution in [-0.2, 0) is 14.4 Å². The molecule has 3 amide bonds. The number of amides is 3. The van der Waals surface area contributed by atoms with Gasteiger partial charge < -0.3 is 15.1 Å². The van der Waals surface area contributed by atoms with E-state index in [0.29, 0.717) is 31.9 Å². The van der Waals surface area contributed by atoms with Gasteiger partial charge in [0, 0.05) is 38.8 Å². The third-order valence-electron chi connectivity index (χ3n) is 3.48. The van der Waals surface area contributed by atoms with Crippen LogP contribution < -0.4 is 5.32 Å². The van der Waals surface area contributed by atoms with E-state index >= 15 is 0 Å². The van der Waals surface area contributed by atoms with Crippen LogP contribution in [0.25, 0.3) is 0 Å². The maximum absolute atomic E-state index is 12.1. The molecule has 0 bridgehead atoms. The second-order valence-corrected chi connectivity index (χ2v) is 5.12. The highest BCUT2D eigenvalue weighted by Gasteiger charge is 2.26. The van der Waals surface area contributed by atoms with Crippen molar-refractivity contribution in [1.82, 2.24) is 9.80 Å². The molecule has 1 aliphatic rings. The summed E-state index contributed by atoms with van der Waals surface area (Å²) < 4.78 is 0. The number of anilines is 1. The van der Waals surface area contributed by atoms with Crippen molar-refractivity contribution >= 4 is 23.4 Å². The van der Waals surface area contributed by atoms with Crippen molar-refractivity contribution < 1.29 is 14.4 Å². The molecule has 0 radical (unpaired) electrons.